The quantitative estimate of drug-likeness (QED) is 0.725. The van der Waals surface area contributed by atoms with Crippen LogP contribution in [0.3, 0.4) is 0 Å². The lowest BCUT2D eigenvalue weighted by Crippen LogP contribution is -2.37. The van der Waals surface area contributed by atoms with E-state index in [0.29, 0.717) is 24.6 Å². The van der Waals surface area contributed by atoms with E-state index in [1.54, 1.807) is 18.6 Å². The summed E-state index contributed by atoms with van der Waals surface area (Å²) in [4.78, 5) is 10.6. The SMILES string of the molecule is N#Cc1nccnc1N1Cc2ccccc2C(n2cccn2)C1. The van der Waals surface area contributed by atoms with E-state index in [0.717, 1.165) is 0 Å². The summed E-state index contributed by atoms with van der Waals surface area (Å²) < 4.78 is 1.95. The van der Waals surface area contributed by atoms with E-state index in [4.69, 9.17) is 0 Å². The number of aromatic nitrogens is 4. The topological polar surface area (TPSA) is 70.6 Å². The van der Waals surface area contributed by atoms with Gasteiger partial charge in [-0.05, 0) is 17.2 Å². The van der Waals surface area contributed by atoms with Crippen molar-refractivity contribution in [2.45, 2.75) is 12.6 Å². The molecule has 0 saturated carbocycles. The van der Waals surface area contributed by atoms with Crippen LogP contribution in [0.1, 0.15) is 22.9 Å². The van der Waals surface area contributed by atoms with E-state index in [2.05, 4.69) is 38.2 Å². The Balaban J connectivity index is 1.80. The van der Waals surface area contributed by atoms with Gasteiger partial charge in [0.05, 0.1) is 6.04 Å². The Labute approximate surface area is 133 Å². The van der Waals surface area contributed by atoms with E-state index in [-0.39, 0.29) is 6.04 Å². The lowest BCUT2D eigenvalue weighted by atomic mass is 9.95. The number of fused-ring (bicyclic) bond motifs is 1. The molecule has 1 aliphatic rings. The van der Waals surface area contributed by atoms with Crippen molar-refractivity contribution in [2.24, 2.45) is 0 Å². The lowest BCUT2D eigenvalue weighted by Gasteiger charge is -2.35. The standard InChI is InChI=1S/C17H14N6/c18-10-15-17(20-8-7-19-15)22-11-13-4-1-2-5-14(13)16(12-22)23-9-3-6-21-23/h1-9,16H,11-12H2. The maximum absolute atomic E-state index is 9.30. The smallest absolute Gasteiger partial charge is 0.183 e. The van der Waals surface area contributed by atoms with Crippen molar-refractivity contribution in [3.8, 4) is 6.07 Å². The molecule has 6 heteroatoms. The minimum atomic E-state index is 0.0866. The Hall–Kier alpha value is -3.20. The summed E-state index contributed by atoms with van der Waals surface area (Å²) in [5.74, 6) is 0.627. The number of nitrogens with zero attached hydrogens (tertiary/aromatic N) is 6. The van der Waals surface area contributed by atoms with Crippen molar-refractivity contribution in [1.82, 2.24) is 19.7 Å². The largest absolute Gasteiger partial charge is 0.347 e. The number of hydrogen-bond acceptors (Lipinski definition) is 5. The van der Waals surface area contributed by atoms with Crippen molar-refractivity contribution in [3.05, 3.63) is 71.9 Å². The number of anilines is 1. The molecule has 0 fully saturated rings. The minimum Gasteiger partial charge on any atom is -0.347 e. The summed E-state index contributed by atoms with van der Waals surface area (Å²) in [5, 5.41) is 13.7. The first-order valence-corrected chi connectivity index (χ1v) is 7.40. The highest BCUT2D eigenvalue weighted by Crippen LogP contribution is 2.31. The summed E-state index contributed by atoms with van der Waals surface area (Å²) in [6.45, 7) is 1.41. The molecule has 0 aliphatic carbocycles. The normalized spacial score (nSPS) is 16.7. The fraction of sp³-hybridized carbons (Fsp3) is 0.176. The van der Waals surface area contributed by atoms with Crippen LogP contribution in [0, 0.1) is 11.3 Å². The van der Waals surface area contributed by atoms with Gasteiger partial charge >= 0.3 is 0 Å². The van der Waals surface area contributed by atoms with Crippen LogP contribution in [0.2, 0.25) is 0 Å². The molecule has 4 rings (SSSR count). The minimum absolute atomic E-state index is 0.0866. The van der Waals surface area contributed by atoms with Gasteiger partial charge in [0.2, 0.25) is 0 Å². The molecular formula is C17H14N6. The molecule has 0 N–H and O–H groups in total. The van der Waals surface area contributed by atoms with E-state index in [1.807, 2.05) is 29.1 Å². The highest BCUT2D eigenvalue weighted by molar-refractivity contribution is 5.52. The van der Waals surface area contributed by atoms with Crippen molar-refractivity contribution in [2.75, 3.05) is 11.4 Å². The molecule has 1 atom stereocenters. The molecular weight excluding hydrogens is 288 g/mol. The van der Waals surface area contributed by atoms with Gasteiger partial charge in [-0.25, -0.2) is 9.97 Å². The van der Waals surface area contributed by atoms with Crippen molar-refractivity contribution < 1.29 is 0 Å². The van der Waals surface area contributed by atoms with Gasteiger partial charge in [0.15, 0.2) is 11.5 Å². The highest BCUT2D eigenvalue weighted by Gasteiger charge is 2.28. The number of nitriles is 1. The van der Waals surface area contributed by atoms with E-state index < -0.39 is 0 Å². The Bertz CT molecular complexity index is 865. The average molecular weight is 302 g/mol. The number of rotatable bonds is 2. The molecule has 112 valence electrons. The van der Waals surface area contributed by atoms with Crippen molar-refractivity contribution in [3.63, 3.8) is 0 Å². The average Bonchev–Trinajstić information content (AvgIpc) is 3.15. The van der Waals surface area contributed by atoms with Crippen LogP contribution in [-0.4, -0.2) is 26.3 Å². The Kier molecular flexibility index (Phi) is 3.24. The van der Waals surface area contributed by atoms with E-state index >= 15 is 0 Å². The number of hydrogen-bond donors (Lipinski definition) is 0. The molecule has 2 aromatic heterocycles. The molecule has 3 heterocycles. The molecule has 0 spiro atoms. The summed E-state index contributed by atoms with van der Waals surface area (Å²) >= 11 is 0. The maximum atomic E-state index is 9.30. The molecule has 1 aliphatic heterocycles. The molecule has 0 bridgehead atoms. The van der Waals surface area contributed by atoms with Gasteiger partial charge in [0, 0.05) is 37.9 Å². The molecule has 3 aromatic rings. The van der Waals surface area contributed by atoms with Gasteiger partial charge in [-0.2, -0.15) is 10.4 Å². The molecule has 0 radical (unpaired) electrons. The van der Waals surface area contributed by atoms with Crippen molar-refractivity contribution in [1.29, 1.82) is 5.26 Å². The van der Waals surface area contributed by atoms with Gasteiger partial charge in [-0.3, -0.25) is 4.68 Å². The van der Waals surface area contributed by atoms with Crippen LogP contribution in [0.25, 0.3) is 0 Å². The fourth-order valence-corrected chi connectivity index (χ4v) is 3.07. The third-order valence-corrected chi connectivity index (χ3v) is 4.10. The maximum Gasteiger partial charge on any atom is 0.183 e. The first-order valence-electron chi connectivity index (χ1n) is 7.40. The van der Waals surface area contributed by atoms with Gasteiger partial charge in [0.1, 0.15) is 6.07 Å². The van der Waals surface area contributed by atoms with Crippen LogP contribution in [0.5, 0.6) is 0 Å². The Morgan fingerprint density at radius 2 is 1.96 bits per heavy atom. The predicted molar refractivity (Wildman–Crippen MR) is 84.6 cm³/mol. The molecule has 0 amide bonds. The van der Waals surface area contributed by atoms with Gasteiger partial charge in [0.25, 0.3) is 0 Å². The van der Waals surface area contributed by atoms with Crippen LogP contribution in [0.15, 0.2) is 55.1 Å². The Morgan fingerprint density at radius 1 is 1.09 bits per heavy atom. The second-order valence-corrected chi connectivity index (χ2v) is 5.42. The molecule has 1 aromatic carbocycles. The fourth-order valence-electron chi connectivity index (χ4n) is 3.07. The third-order valence-electron chi connectivity index (χ3n) is 4.10. The molecule has 23 heavy (non-hydrogen) atoms. The summed E-state index contributed by atoms with van der Waals surface area (Å²) in [5.41, 5.74) is 2.83. The first-order chi connectivity index (χ1) is 11.4. The summed E-state index contributed by atoms with van der Waals surface area (Å²) in [7, 11) is 0. The molecule has 1 unspecified atom stereocenters. The van der Waals surface area contributed by atoms with Crippen LogP contribution >= 0.6 is 0 Å². The van der Waals surface area contributed by atoms with E-state index in [1.165, 1.54) is 11.1 Å². The highest BCUT2D eigenvalue weighted by atomic mass is 15.3. The van der Waals surface area contributed by atoms with E-state index in [9.17, 15) is 5.26 Å². The second kappa shape index (κ2) is 5.54. The zero-order valence-electron chi connectivity index (χ0n) is 12.4. The first kappa shape index (κ1) is 13.5. The van der Waals surface area contributed by atoms with Crippen molar-refractivity contribution >= 4 is 5.82 Å². The lowest BCUT2D eigenvalue weighted by molar-refractivity contribution is 0.484. The zero-order valence-corrected chi connectivity index (χ0v) is 12.4. The predicted octanol–water partition coefficient (Wildman–Crippen LogP) is 2.15. The second-order valence-electron chi connectivity index (χ2n) is 5.42. The zero-order chi connectivity index (χ0) is 15.6. The van der Waals surface area contributed by atoms with Crippen LogP contribution < -0.4 is 4.90 Å². The van der Waals surface area contributed by atoms with Crippen LogP contribution in [0.4, 0.5) is 5.82 Å². The summed E-state index contributed by atoms with van der Waals surface area (Å²) in [6.07, 6.45) is 6.92. The molecule has 0 saturated heterocycles. The van der Waals surface area contributed by atoms with Gasteiger partial charge < -0.3 is 4.90 Å². The molecule has 6 nitrogen and oxygen atoms in total. The Morgan fingerprint density at radius 3 is 2.78 bits per heavy atom. The van der Waals surface area contributed by atoms with Gasteiger partial charge in [-0.1, -0.05) is 24.3 Å². The van der Waals surface area contributed by atoms with Gasteiger partial charge in [-0.15, -0.1) is 0 Å². The third kappa shape index (κ3) is 2.32. The summed E-state index contributed by atoms with van der Waals surface area (Å²) in [6, 6.07) is 12.5. The number of benzene rings is 1. The monoisotopic (exact) mass is 302 g/mol. The van der Waals surface area contributed by atoms with Crippen LogP contribution in [-0.2, 0) is 6.54 Å².